The molecule has 0 spiro atoms. The lowest BCUT2D eigenvalue weighted by atomic mass is 10.1. The van der Waals surface area contributed by atoms with Crippen LogP contribution in [0.2, 0.25) is 0 Å². The second kappa shape index (κ2) is 5.49. The van der Waals surface area contributed by atoms with Gasteiger partial charge in [0.05, 0.1) is 0 Å². The van der Waals surface area contributed by atoms with E-state index in [-0.39, 0.29) is 24.1 Å². The standard InChI is InChI=1S/C12H11F3N2O3/c1-7-4-8(18)2-3-9(7)11-16-10(17-20-11)5-19-6-12(13,14)15/h2-4,18H,5-6H2,1H3. The van der Waals surface area contributed by atoms with Gasteiger partial charge in [0.2, 0.25) is 0 Å². The number of alkyl halides is 3. The van der Waals surface area contributed by atoms with Gasteiger partial charge in [-0.15, -0.1) is 0 Å². The monoisotopic (exact) mass is 288 g/mol. The van der Waals surface area contributed by atoms with Gasteiger partial charge in [-0.25, -0.2) is 0 Å². The first-order valence-electron chi connectivity index (χ1n) is 5.62. The number of aromatic nitrogens is 2. The lowest BCUT2D eigenvalue weighted by Gasteiger charge is -2.04. The summed E-state index contributed by atoms with van der Waals surface area (Å²) in [5.41, 5.74) is 1.30. The van der Waals surface area contributed by atoms with Gasteiger partial charge >= 0.3 is 6.18 Å². The summed E-state index contributed by atoms with van der Waals surface area (Å²) in [6, 6.07) is 4.55. The molecule has 2 rings (SSSR count). The largest absolute Gasteiger partial charge is 0.508 e. The predicted octanol–water partition coefficient (Wildman–Crippen LogP) is 2.83. The molecule has 2 aromatic rings. The lowest BCUT2D eigenvalue weighted by Crippen LogP contribution is -2.16. The van der Waals surface area contributed by atoms with E-state index in [4.69, 9.17) is 4.52 Å². The highest BCUT2D eigenvalue weighted by Crippen LogP contribution is 2.25. The van der Waals surface area contributed by atoms with E-state index < -0.39 is 12.8 Å². The van der Waals surface area contributed by atoms with Crippen LogP contribution in [0, 0.1) is 6.92 Å². The summed E-state index contributed by atoms with van der Waals surface area (Å²) >= 11 is 0. The third kappa shape index (κ3) is 3.70. The van der Waals surface area contributed by atoms with Crippen LogP contribution in [0.3, 0.4) is 0 Å². The van der Waals surface area contributed by atoms with Crippen LogP contribution in [0.4, 0.5) is 13.2 Å². The summed E-state index contributed by atoms with van der Waals surface area (Å²) in [4.78, 5) is 3.94. The van der Waals surface area contributed by atoms with E-state index in [0.717, 1.165) is 0 Å². The third-order valence-electron chi connectivity index (χ3n) is 2.41. The fourth-order valence-corrected chi connectivity index (χ4v) is 1.57. The van der Waals surface area contributed by atoms with E-state index in [1.54, 1.807) is 13.0 Å². The van der Waals surface area contributed by atoms with Crippen LogP contribution in [0.5, 0.6) is 5.75 Å². The quantitative estimate of drug-likeness (QED) is 0.937. The van der Waals surface area contributed by atoms with E-state index in [9.17, 15) is 18.3 Å². The number of phenolic OH excluding ortho intramolecular Hbond substituents is 1. The van der Waals surface area contributed by atoms with Gasteiger partial charge in [-0.2, -0.15) is 18.2 Å². The van der Waals surface area contributed by atoms with E-state index >= 15 is 0 Å². The van der Waals surface area contributed by atoms with Gasteiger partial charge in [0.1, 0.15) is 19.0 Å². The Kier molecular flexibility index (Phi) is 3.93. The fourth-order valence-electron chi connectivity index (χ4n) is 1.57. The number of phenols is 1. The molecule has 0 aliphatic carbocycles. The molecule has 0 saturated heterocycles. The molecule has 0 aliphatic rings. The first kappa shape index (κ1) is 14.3. The van der Waals surface area contributed by atoms with E-state index in [0.29, 0.717) is 11.1 Å². The maximum atomic E-state index is 11.9. The summed E-state index contributed by atoms with van der Waals surface area (Å²) in [5.74, 6) is 0.282. The lowest BCUT2D eigenvalue weighted by molar-refractivity contribution is -0.177. The van der Waals surface area contributed by atoms with Crippen molar-refractivity contribution in [3.63, 3.8) is 0 Å². The Morgan fingerprint density at radius 2 is 2.10 bits per heavy atom. The summed E-state index contributed by atoms with van der Waals surface area (Å²) < 4.78 is 45.1. The van der Waals surface area contributed by atoms with Crippen molar-refractivity contribution >= 4 is 0 Å². The molecule has 0 unspecified atom stereocenters. The summed E-state index contributed by atoms with van der Waals surface area (Å²) in [6.45, 7) is -0.0195. The number of rotatable bonds is 4. The van der Waals surface area contributed by atoms with E-state index in [2.05, 4.69) is 14.9 Å². The molecular formula is C12H11F3N2O3. The minimum absolute atomic E-state index is 0.0247. The number of nitrogens with zero attached hydrogens (tertiary/aromatic N) is 2. The second-order valence-corrected chi connectivity index (χ2v) is 4.12. The van der Waals surface area contributed by atoms with Crippen LogP contribution in [-0.4, -0.2) is 28.0 Å². The maximum Gasteiger partial charge on any atom is 0.411 e. The maximum absolute atomic E-state index is 11.9. The zero-order valence-electron chi connectivity index (χ0n) is 10.4. The molecular weight excluding hydrogens is 277 g/mol. The van der Waals surface area contributed by atoms with Crippen LogP contribution in [0.25, 0.3) is 11.5 Å². The molecule has 0 radical (unpaired) electrons. The molecule has 0 bridgehead atoms. The molecule has 1 aromatic carbocycles. The average Bonchev–Trinajstić information content (AvgIpc) is 2.75. The fraction of sp³-hybridized carbons (Fsp3) is 0.333. The number of hydrogen-bond donors (Lipinski definition) is 1. The summed E-state index contributed by atoms with van der Waals surface area (Å²) in [5, 5.41) is 12.8. The molecule has 1 heterocycles. The number of benzene rings is 1. The number of aryl methyl sites for hydroxylation is 1. The number of halogens is 3. The van der Waals surface area contributed by atoms with Crippen LogP contribution >= 0.6 is 0 Å². The molecule has 8 heteroatoms. The van der Waals surface area contributed by atoms with Crippen LogP contribution in [0.1, 0.15) is 11.4 Å². The highest BCUT2D eigenvalue weighted by atomic mass is 19.4. The van der Waals surface area contributed by atoms with Gasteiger partial charge in [-0.1, -0.05) is 5.16 Å². The van der Waals surface area contributed by atoms with Gasteiger partial charge in [0, 0.05) is 5.56 Å². The van der Waals surface area contributed by atoms with Crippen molar-refractivity contribution in [2.75, 3.05) is 6.61 Å². The molecule has 0 amide bonds. The van der Waals surface area contributed by atoms with Gasteiger partial charge in [-0.3, -0.25) is 0 Å². The summed E-state index contributed by atoms with van der Waals surface area (Å²) in [6.07, 6.45) is -4.39. The Balaban J connectivity index is 2.05. The number of ether oxygens (including phenoxy) is 1. The molecule has 1 aromatic heterocycles. The Bertz CT molecular complexity index is 596. The second-order valence-electron chi connectivity index (χ2n) is 4.12. The predicted molar refractivity (Wildman–Crippen MR) is 61.8 cm³/mol. The zero-order chi connectivity index (χ0) is 14.8. The van der Waals surface area contributed by atoms with Crippen molar-refractivity contribution in [1.29, 1.82) is 0 Å². The molecule has 0 saturated carbocycles. The normalized spacial score (nSPS) is 11.8. The Morgan fingerprint density at radius 3 is 2.75 bits per heavy atom. The number of hydrogen-bond acceptors (Lipinski definition) is 5. The van der Waals surface area contributed by atoms with Crippen LogP contribution in [-0.2, 0) is 11.3 Å². The molecule has 1 N–H and O–H groups in total. The smallest absolute Gasteiger partial charge is 0.411 e. The molecule has 20 heavy (non-hydrogen) atoms. The van der Waals surface area contributed by atoms with Crippen molar-refractivity contribution in [3.05, 3.63) is 29.6 Å². The Labute approximate surface area is 112 Å². The Hall–Kier alpha value is -2.09. The van der Waals surface area contributed by atoms with Gasteiger partial charge in [0.15, 0.2) is 5.82 Å². The molecule has 108 valence electrons. The van der Waals surface area contributed by atoms with E-state index in [1.165, 1.54) is 12.1 Å². The minimum atomic E-state index is -4.39. The first-order valence-corrected chi connectivity index (χ1v) is 5.62. The minimum Gasteiger partial charge on any atom is -0.508 e. The SMILES string of the molecule is Cc1cc(O)ccc1-c1nc(COCC(F)(F)F)no1. The highest BCUT2D eigenvalue weighted by Gasteiger charge is 2.27. The first-order chi connectivity index (χ1) is 9.35. The van der Waals surface area contributed by atoms with E-state index in [1.807, 2.05) is 0 Å². The third-order valence-corrected chi connectivity index (χ3v) is 2.41. The van der Waals surface area contributed by atoms with Gasteiger partial charge in [-0.05, 0) is 30.7 Å². The topological polar surface area (TPSA) is 68.4 Å². The van der Waals surface area contributed by atoms with Crippen LogP contribution < -0.4 is 0 Å². The molecule has 5 nitrogen and oxygen atoms in total. The highest BCUT2D eigenvalue weighted by molar-refractivity contribution is 5.59. The number of aromatic hydroxyl groups is 1. The average molecular weight is 288 g/mol. The van der Waals surface area contributed by atoms with Crippen molar-refractivity contribution in [3.8, 4) is 17.2 Å². The van der Waals surface area contributed by atoms with Gasteiger partial charge < -0.3 is 14.4 Å². The molecule has 0 aliphatic heterocycles. The van der Waals surface area contributed by atoms with Crippen molar-refractivity contribution in [2.24, 2.45) is 0 Å². The zero-order valence-corrected chi connectivity index (χ0v) is 10.4. The summed E-state index contributed by atoms with van der Waals surface area (Å²) in [7, 11) is 0. The van der Waals surface area contributed by atoms with Crippen molar-refractivity contribution < 1.29 is 27.5 Å². The van der Waals surface area contributed by atoms with Crippen molar-refractivity contribution in [1.82, 2.24) is 10.1 Å². The van der Waals surface area contributed by atoms with Gasteiger partial charge in [0.25, 0.3) is 5.89 Å². The molecule has 0 atom stereocenters. The van der Waals surface area contributed by atoms with Crippen LogP contribution in [0.15, 0.2) is 22.7 Å². The Morgan fingerprint density at radius 1 is 1.35 bits per heavy atom. The van der Waals surface area contributed by atoms with Crippen molar-refractivity contribution in [2.45, 2.75) is 19.7 Å². The molecule has 0 fully saturated rings.